The molecular formula is C22H17FN6O3S. The van der Waals surface area contributed by atoms with Gasteiger partial charge in [-0.05, 0) is 36.1 Å². The highest BCUT2D eigenvalue weighted by atomic mass is 32.1. The minimum absolute atomic E-state index is 0.0401. The number of halogens is 1. The van der Waals surface area contributed by atoms with Crippen molar-refractivity contribution >= 4 is 22.4 Å². The Morgan fingerprint density at radius 2 is 1.97 bits per heavy atom. The van der Waals surface area contributed by atoms with Crippen molar-refractivity contribution in [3.05, 3.63) is 75.2 Å². The van der Waals surface area contributed by atoms with Crippen LogP contribution in [0.3, 0.4) is 0 Å². The summed E-state index contributed by atoms with van der Waals surface area (Å²) in [6, 6.07) is 6.88. The van der Waals surface area contributed by atoms with Crippen molar-refractivity contribution in [2.75, 3.05) is 12.4 Å². The monoisotopic (exact) mass is 464 g/mol. The number of nitrogens with one attached hydrogen (secondary N) is 1. The quantitative estimate of drug-likeness (QED) is 0.466. The van der Waals surface area contributed by atoms with E-state index in [9.17, 15) is 14.0 Å². The third kappa shape index (κ3) is 4.81. The molecule has 4 aromatic rings. The number of hydrogen-bond acceptors (Lipinski definition) is 7. The van der Waals surface area contributed by atoms with Crippen LogP contribution in [0.4, 0.5) is 9.52 Å². The minimum atomic E-state index is -0.602. The number of methoxy groups -OCH3 is 1. The number of carbonyl (C=O) groups is 1. The molecule has 0 spiro atoms. The lowest BCUT2D eigenvalue weighted by atomic mass is 10.00. The lowest BCUT2D eigenvalue weighted by Gasteiger charge is -2.14. The van der Waals surface area contributed by atoms with E-state index in [-0.39, 0.29) is 10.7 Å². The Kier molecular flexibility index (Phi) is 6.01. The van der Waals surface area contributed by atoms with Gasteiger partial charge in [-0.1, -0.05) is 11.3 Å². The van der Waals surface area contributed by atoms with E-state index < -0.39 is 17.3 Å². The van der Waals surface area contributed by atoms with E-state index in [4.69, 9.17) is 4.74 Å². The van der Waals surface area contributed by atoms with Crippen LogP contribution >= 0.6 is 11.3 Å². The van der Waals surface area contributed by atoms with Gasteiger partial charge in [-0.3, -0.25) is 19.6 Å². The SMILES string of the molecule is COc1ccc(F)cc1-c1cn(C)c(=O)cc1C(=O)Nc1nnc(C#Cc2ccn(C)n2)s1. The van der Waals surface area contributed by atoms with Crippen LogP contribution in [0.25, 0.3) is 11.1 Å². The number of anilines is 1. The maximum absolute atomic E-state index is 14.0. The van der Waals surface area contributed by atoms with Crippen LogP contribution in [-0.2, 0) is 14.1 Å². The van der Waals surface area contributed by atoms with E-state index in [0.29, 0.717) is 27.6 Å². The molecule has 0 atom stereocenters. The number of amides is 1. The van der Waals surface area contributed by atoms with Crippen molar-refractivity contribution in [2.24, 2.45) is 14.1 Å². The second kappa shape index (κ2) is 9.05. The fraction of sp³-hybridized carbons (Fsp3) is 0.136. The summed E-state index contributed by atoms with van der Waals surface area (Å²) in [6.07, 6.45) is 3.23. The third-order valence-corrected chi connectivity index (χ3v) is 5.34. The van der Waals surface area contributed by atoms with Gasteiger partial charge in [0.05, 0.1) is 12.7 Å². The number of benzene rings is 1. The Morgan fingerprint density at radius 1 is 1.15 bits per heavy atom. The predicted octanol–water partition coefficient (Wildman–Crippen LogP) is 2.44. The second-order valence-corrected chi connectivity index (χ2v) is 7.86. The number of pyridine rings is 1. The van der Waals surface area contributed by atoms with E-state index in [0.717, 1.165) is 11.3 Å². The maximum atomic E-state index is 14.0. The summed E-state index contributed by atoms with van der Waals surface area (Å²) in [5.41, 5.74) is 0.868. The summed E-state index contributed by atoms with van der Waals surface area (Å²) in [4.78, 5) is 25.3. The van der Waals surface area contributed by atoms with Crippen LogP contribution in [0.15, 0.2) is 47.5 Å². The first-order chi connectivity index (χ1) is 15.8. The number of aryl methyl sites for hydroxylation is 2. The molecule has 1 aromatic carbocycles. The molecule has 0 fully saturated rings. The predicted molar refractivity (Wildman–Crippen MR) is 121 cm³/mol. The molecule has 1 amide bonds. The largest absolute Gasteiger partial charge is 0.496 e. The highest BCUT2D eigenvalue weighted by Crippen LogP contribution is 2.33. The maximum Gasteiger partial charge on any atom is 0.258 e. The molecular weight excluding hydrogens is 447 g/mol. The van der Waals surface area contributed by atoms with Crippen molar-refractivity contribution in [1.29, 1.82) is 0 Å². The zero-order chi connectivity index (χ0) is 23.5. The molecule has 1 N–H and O–H groups in total. The van der Waals surface area contributed by atoms with Crippen LogP contribution in [0.1, 0.15) is 21.1 Å². The number of nitrogens with zero attached hydrogens (tertiary/aromatic N) is 5. The van der Waals surface area contributed by atoms with Crippen molar-refractivity contribution in [3.63, 3.8) is 0 Å². The van der Waals surface area contributed by atoms with Gasteiger partial charge in [0, 0.05) is 43.7 Å². The molecule has 166 valence electrons. The molecule has 4 rings (SSSR count). The number of hydrogen-bond donors (Lipinski definition) is 1. The van der Waals surface area contributed by atoms with Crippen molar-refractivity contribution in [3.8, 4) is 28.7 Å². The fourth-order valence-electron chi connectivity index (χ4n) is 3.01. The van der Waals surface area contributed by atoms with Gasteiger partial charge in [-0.15, -0.1) is 10.2 Å². The molecule has 0 saturated heterocycles. The van der Waals surface area contributed by atoms with Gasteiger partial charge in [-0.2, -0.15) is 5.10 Å². The normalized spacial score (nSPS) is 10.4. The topological polar surface area (TPSA) is 104 Å². The van der Waals surface area contributed by atoms with Crippen molar-refractivity contribution in [1.82, 2.24) is 24.5 Å². The molecule has 0 aliphatic rings. The number of ether oxygens (including phenoxy) is 1. The van der Waals surface area contributed by atoms with Crippen molar-refractivity contribution in [2.45, 2.75) is 0 Å². The number of rotatable bonds is 4. The molecule has 11 heteroatoms. The Morgan fingerprint density at radius 3 is 2.70 bits per heavy atom. The molecule has 0 saturated carbocycles. The van der Waals surface area contributed by atoms with Crippen molar-refractivity contribution < 1.29 is 13.9 Å². The molecule has 0 unspecified atom stereocenters. The van der Waals surface area contributed by atoms with Gasteiger partial charge >= 0.3 is 0 Å². The first-order valence-electron chi connectivity index (χ1n) is 9.55. The summed E-state index contributed by atoms with van der Waals surface area (Å²) in [5, 5.41) is 15.2. The van der Waals surface area contributed by atoms with E-state index in [1.54, 1.807) is 24.0 Å². The summed E-state index contributed by atoms with van der Waals surface area (Å²) in [7, 11) is 4.76. The molecule has 3 heterocycles. The van der Waals surface area contributed by atoms with E-state index in [1.807, 2.05) is 0 Å². The highest BCUT2D eigenvalue weighted by Gasteiger charge is 2.20. The minimum Gasteiger partial charge on any atom is -0.496 e. The van der Waals surface area contributed by atoms with Crippen LogP contribution in [0, 0.1) is 17.7 Å². The van der Waals surface area contributed by atoms with Gasteiger partial charge < -0.3 is 9.30 Å². The molecule has 0 bridgehead atoms. The first kappa shape index (κ1) is 21.9. The van der Waals surface area contributed by atoms with Crippen LogP contribution < -0.4 is 15.6 Å². The second-order valence-electron chi connectivity index (χ2n) is 6.89. The zero-order valence-corrected chi connectivity index (χ0v) is 18.6. The average molecular weight is 464 g/mol. The summed E-state index contributed by atoms with van der Waals surface area (Å²) < 4.78 is 22.2. The smallest absolute Gasteiger partial charge is 0.258 e. The van der Waals surface area contributed by atoms with Gasteiger partial charge in [0.2, 0.25) is 5.13 Å². The Bertz CT molecular complexity index is 1480. The zero-order valence-electron chi connectivity index (χ0n) is 17.8. The lowest BCUT2D eigenvalue weighted by molar-refractivity contribution is 0.102. The van der Waals surface area contributed by atoms with E-state index >= 15 is 0 Å². The highest BCUT2D eigenvalue weighted by molar-refractivity contribution is 7.15. The number of carbonyl (C=O) groups excluding carboxylic acids is 1. The van der Waals surface area contributed by atoms with Gasteiger partial charge in [0.1, 0.15) is 17.3 Å². The third-order valence-electron chi connectivity index (χ3n) is 4.58. The van der Waals surface area contributed by atoms with Crippen LogP contribution in [0.5, 0.6) is 5.75 Å². The summed E-state index contributed by atoms with van der Waals surface area (Å²) in [5.74, 6) is 4.94. The molecule has 9 nitrogen and oxygen atoms in total. The molecule has 0 aliphatic carbocycles. The Labute approximate surface area is 191 Å². The van der Waals surface area contributed by atoms with Crippen LogP contribution in [-0.4, -0.2) is 37.6 Å². The van der Waals surface area contributed by atoms with E-state index in [1.165, 1.54) is 49.2 Å². The summed E-state index contributed by atoms with van der Waals surface area (Å²) in [6.45, 7) is 0. The molecule has 3 aromatic heterocycles. The number of aromatic nitrogens is 5. The standard InChI is InChI=1S/C22H17FN6O3S/c1-28-12-17(15-10-13(23)4-6-18(15)32-3)16(11-20(28)30)21(31)24-22-26-25-19(33-22)7-5-14-8-9-29(2)27-14/h4,6,8-12H,1-3H3,(H,24,26,31). The van der Waals surface area contributed by atoms with E-state index in [2.05, 4.69) is 32.5 Å². The fourth-order valence-corrected chi connectivity index (χ4v) is 3.60. The Balaban J connectivity index is 1.65. The van der Waals surface area contributed by atoms with Gasteiger partial charge in [-0.25, -0.2) is 4.39 Å². The average Bonchev–Trinajstić information content (AvgIpc) is 3.42. The summed E-state index contributed by atoms with van der Waals surface area (Å²) >= 11 is 1.07. The molecule has 0 aliphatic heterocycles. The first-order valence-corrected chi connectivity index (χ1v) is 10.4. The van der Waals surface area contributed by atoms with Gasteiger partial charge in [0.15, 0.2) is 5.01 Å². The lowest BCUT2D eigenvalue weighted by Crippen LogP contribution is -2.21. The Hall–Kier alpha value is -4.30. The molecule has 33 heavy (non-hydrogen) atoms. The molecule has 0 radical (unpaired) electrons. The van der Waals surface area contributed by atoms with Gasteiger partial charge in [0.25, 0.3) is 11.5 Å². The van der Waals surface area contributed by atoms with Crippen LogP contribution in [0.2, 0.25) is 0 Å².